The van der Waals surface area contributed by atoms with E-state index in [2.05, 4.69) is 10.3 Å². The summed E-state index contributed by atoms with van der Waals surface area (Å²) in [5.41, 5.74) is 1.02. The van der Waals surface area contributed by atoms with Crippen LogP contribution in [0.5, 0.6) is 17.2 Å². The molecule has 5 nitrogen and oxygen atoms in total. The Morgan fingerprint density at radius 3 is 2.67 bits per heavy atom. The molecule has 0 radical (unpaired) electrons. The number of pyridine rings is 1. The molecule has 0 aliphatic rings. The summed E-state index contributed by atoms with van der Waals surface area (Å²) in [4.78, 5) is 4.30. The average molecular weight is 288 g/mol. The predicted molar refractivity (Wildman–Crippen MR) is 82.3 cm³/mol. The third-order valence-electron chi connectivity index (χ3n) is 3.01. The zero-order chi connectivity index (χ0) is 15.1. The predicted octanol–water partition coefficient (Wildman–Crippen LogP) is 3.11. The van der Waals surface area contributed by atoms with Crippen molar-refractivity contribution in [3.63, 3.8) is 0 Å². The summed E-state index contributed by atoms with van der Waals surface area (Å²) < 4.78 is 16.1. The highest BCUT2D eigenvalue weighted by atomic mass is 16.5. The number of ether oxygens (including phenoxy) is 3. The molecule has 0 aliphatic carbocycles. The summed E-state index contributed by atoms with van der Waals surface area (Å²) >= 11 is 0. The van der Waals surface area contributed by atoms with Gasteiger partial charge in [0.05, 0.1) is 20.8 Å². The van der Waals surface area contributed by atoms with Crippen LogP contribution in [0.15, 0.2) is 36.5 Å². The van der Waals surface area contributed by atoms with Gasteiger partial charge >= 0.3 is 0 Å². The van der Waals surface area contributed by atoms with Crippen LogP contribution in [0.3, 0.4) is 0 Å². The minimum Gasteiger partial charge on any atom is -0.497 e. The molecule has 0 fully saturated rings. The van der Waals surface area contributed by atoms with Gasteiger partial charge in [0, 0.05) is 24.4 Å². The Hall–Kier alpha value is -2.43. The molecule has 1 aromatic heterocycles. The Morgan fingerprint density at radius 1 is 1.10 bits per heavy atom. The summed E-state index contributed by atoms with van der Waals surface area (Å²) in [6, 6.07) is 9.47. The molecular formula is C16H20N2O3. The van der Waals surface area contributed by atoms with Crippen molar-refractivity contribution in [1.29, 1.82) is 0 Å². The number of aromatic nitrogens is 1. The highest BCUT2D eigenvalue weighted by molar-refractivity contribution is 5.51. The first kappa shape index (κ1) is 15.0. The standard InChI is InChI=1S/C16H20N2O3/c1-4-21-14-6-5-9-17-16(14)18-11-12-7-8-13(19-2)10-15(12)20-3/h5-10H,4,11H2,1-3H3,(H,17,18). The highest BCUT2D eigenvalue weighted by Gasteiger charge is 2.08. The van der Waals surface area contributed by atoms with Gasteiger partial charge in [-0.3, -0.25) is 0 Å². The van der Waals surface area contributed by atoms with Crippen molar-refractivity contribution in [2.45, 2.75) is 13.5 Å². The molecule has 0 saturated heterocycles. The quantitative estimate of drug-likeness (QED) is 0.848. The highest BCUT2D eigenvalue weighted by Crippen LogP contribution is 2.27. The van der Waals surface area contributed by atoms with E-state index in [1.54, 1.807) is 20.4 Å². The lowest BCUT2D eigenvalue weighted by Crippen LogP contribution is -2.05. The van der Waals surface area contributed by atoms with Crippen molar-refractivity contribution in [2.75, 3.05) is 26.1 Å². The maximum Gasteiger partial charge on any atom is 0.169 e. The topological polar surface area (TPSA) is 52.6 Å². The lowest BCUT2D eigenvalue weighted by atomic mass is 10.2. The monoisotopic (exact) mass is 288 g/mol. The van der Waals surface area contributed by atoms with Crippen LogP contribution in [0.1, 0.15) is 12.5 Å². The van der Waals surface area contributed by atoms with Crippen LogP contribution < -0.4 is 19.5 Å². The second-order valence-electron chi connectivity index (χ2n) is 4.31. The van der Waals surface area contributed by atoms with Gasteiger partial charge in [0.1, 0.15) is 11.5 Å². The summed E-state index contributed by atoms with van der Waals surface area (Å²) in [5, 5.41) is 3.27. The molecule has 0 aliphatic heterocycles. The molecule has 0 atom stereocenters. The maximum absolute atomic E-state index is 5.54. The first-order chi connectivity index (χ1) is 10.3. The first-order valence-electron chi connectivity index (χ1n) is 6.81. The van der Waals surface area contributed by atoms with E-state index < -0.39 is 0 Å². The number of nitrogens with one attached hydrogen (secondary N) is 1. The van der Waals surface area contributed by atoms with E-state index in [4.69, 9.17) is 14.2 Å². The molecule has 0 spiro atoms. The summed E-state index contributed by atoms with van der Waals surface area (Å²) in [6.45, 7) is 3.14. The van der Waals surface area contributed by atoms with Gasteiger partial charge in [-0.05, 0) is 31.2 Å². The number of hydrogen-bond acceptors (Lipinski definition) is 5. The van der Waals surface area contributed by atoms with E-state index in [0.717, 1.165) is 28.6 Å². The first-order valence-corrected chi connectivity index (χ1v) is 6.81. The van der Waals surface area contributed by atoms with Gasteiger partial charge in [-0.2, -0.15) is 0 Å². The van der Waals surface area contributed by atoms with E-state index >= 15 is 0 Å². The second-order valence-corrected chi connectivity index (χ2v) is 4.31. The number of hydrogen-bond donors (Lipinski definition) is 1. The zero-order valence-corrected chi connectivity index (χ0v) is 12.6. The van der Waals surface area contributed by atoms with Crippen molar-refractivity contribution in [2.24, 2.45) is 0 Å². The second kappa shape index (κ2) is 7.38. The number of nitrogens with zero attached hydrogens (tertiary/aromatic N) is 1. The fraction of sp³-hybridized carbons (Fsp3) is 0.312. The van der Waals surface area contributed by atoms with Gasteiger partial charge in [-0.1, -0.05) is 0 Å². The van der Waals surface area contributed by atoms with Gasteiger partial charge in [-0.25, -0.2) is 4.98 Å². The lowest BCUT2D eigenvalue weighted by molar-refractivity contribution is 0.340. The van der Waals surface area contributed by atoms with Gasteiger partial charge in [-0.15, -0.1) is 0 Å². The fourth-order valence-electron chi connectivity index (χ4n) is 1.97. The molecule has 21 heavy (non-hydrogen) atoms. The molecule has 1 aromatic carbocycles. The van der Waals surface area contributed by atoms with E-state index in [1.807, 2.05) is 37.3 Å². The van der Waals surface area contributed by atoms with Gasteiger partial charge in [0.25, 0.3) is 0 Å². The van der Waals surface area contributed by atoms with Crippen molar-refractivity contribution >= 4 is 5.82 Å². The molecule has 1 heterocycles. The molecular weight excluding hydrogens is 268 g/mol. The van der Waals surface area contributed by atoms with Gasteiger partial charge in [0.15, 0.2) is 11.6 Å². The van der Waals surface area contributed by atoms with E-state index in [0.29, 0.717) is 13.2 Å². The summed E-state index contributed by atoms with van der Waals surface area (Å²) in [7, 11) is 3.28. The molecule has 0 unspecified atom stereocenters. The summed E-state index contributed by atoms with van der Waals surface area (Å²) in [6.07, 6.45) is 1.73. The largest absolute Gasteiger partial charge is 0.497 e. The SMILES string of the molecule is CCOc1cccnc1NCc1ccc(OC)cc1OC. The van der Waals surface area contributed by atoms with Gasteiger partial charge < -0.3 is 19.5 Å². The fourth-order valence-corrected chi connectivity index (χ4v) is 1.97. The van der Waals surface area contributed by atoms with E-state index in [9.17, 15) is 0 Å². The van der Waals surface area contributed by atoms with Gasteiger partial charge in [0.2, 0.25) is 0 Å². The van der Waals surface area contributed by atoms with Crippen LogP contribution in [-0.4, -0.2) is 25.8 Å². The minimum absolute atomic E-state index is 0.588. The summed E-state index contributed by atoms with van der Waals surface area (Å²) in [5.74, 6) is 3.00. The zero-order valence-electron chi connectivity index (χ0n) is 12.6. The molecule has 0 saturated carbocycles. The average Bonchev–Trinajstić information content (AvgIpc) is 2.54. The molecule has 0 amide bonds. The van der Waals surface area contributed by atoms with Crippen molar-refractivity contribution < 1.29 is 14.2 Å². The van der Waals surface area contributed by atoms with Crippen molar-refractivity contribution in [3.05, 3.63) is 42.1 Å². The minimum atomic E-state index is 0.588. The molecule has 5 heteroatoms. The number of methoxy groups -OCH3 is 2. The molecule has 2 aromatic rings. The third-order valence-corrected chi connectivity index (χ3v) is 3.01. The molecule has 1 N–H and O–H groups in total. The molecule has 112 valence electrons. The van der Waals surface area contributed by atoms with Crippen LogP contribution in [0.25, 0.3) is 0 Å². The Kier molecular flexibility index (Phi) is 5.26. The van der Waals surface area contributed by atoms with Crippen LogP contribution in [-0.2, 0) is 6.54 Å². The van der Waals surface area contributed by atoms with Crippen molar-refractivity contribution in [1.82, 2.24) is 4.98 Å². The van der Waals surface area contributed by atoms with E-state index in [-0.39, 0.29) is 0 Å². The normalized spacial score (nSPS) is 10.0. The molecule has 0 bridgehead atoms. The van der Waals surface area contributed by atoms with Crippen LogP contribution in [0.2, 0.25) is 0 Å². The maximum atomic E-state index is 5.54. The Bertz CT molecular complexity index is 587. The van der Waals surface area contributed by atoms with Crippen LogP contribution in [0.4, 0.5) is 5.82 Å². The smallest absolute Gasteiger partial charge is 0.169 e. The Labute approximate surface area is 124 Å². The number of benzene rings is 1. The Balaban J connectivity index is 2.13. The van der Waals surface area contributed by atoms with E-state index in [1.165, 1.54) is 0 Å². The van der Waals surface area contributed by atoms with Crippen LogP contribution >= 0.6 is 0 Å². The lowest BCUT2D eigenvalue weighted by Gasteiger charge is -2.13. The number of rotatable bonds is 7. The third kappa shape index (κ3) is 3.78. The van der Waals surface area contributed by atoms with Crippen molar-refractivity contribution in [3.8, 4) is 17.2 Å². The van der Waals surface area contributed by atoms with Crippen LogP contribution in [0, 0.1) is 0 Å². The Morgan fingerprint density at radius 2 is 1.95 bits per heavy atom. The number of anilines is 1. The molecule has 2 rings (SSSR count).